The molecule has 34 heavy (non-hydrogen) atoms. The molecule has 1 spiro atoms. The first-order chi connectivity index (χ1) is 15.7. The first-order valence-electron chi connectivity index (χ1n) is 12.5. The number of ether oxygens (including phenoxy) is 1. The van der Waals surface area contributed by atoms with Gasteiger partial charge in [-0.1, -0.05) is 32.0 Å². The molecule has 7 nitrogen and oxygen atoms in total. The second kappa shape index (κ2) is 7.26. The molecule has 0 aliphatic heterocycles. The number of rotatable bonds is 2. The Morgan fingerprint density at radius 2 is 1.59 bits per heavy atom. The van der Waals surface area contributed by atoms with Crippen molar-refractivity contribution in [3.63, 3.8) is 0 Å². The number of aliphatic hydroxyl groups excluding tert-OH is 2. The van der Waals surface area contributed by atoms with Crippen LogP contribution in [0.2, 0.25) is 0 Å². The number of carbonyl (C=O) groups is 1. The summed E-state index contributed by atoms with van der Waals surface area (Å²) in [6.45, 7) is 6.88. The van der Waals surface area contributed by atoms with Crippen LogP contribution in [-0.4, -0.2) is 66.6 Å². The molecule has 4 aliphatic rings. The molecule has 5 rings (SSSR count). The lowest BCUT2D eigenvalue weighted by atomic mass is 9.57. The maximum absolute atomic E-state index is 13.1. The minimum absolute atomic E-state index is 0.0658. The summed E-state index contributed by atoms with van der Waals surface area (Å²) in [5.41, 5.74) is -5.91. The van der Waals surface area contributed by atoms with Gasteiger partial charge in [-0.2, -0.15) is 0 Å². The summed E-state index contributed by atoms with van der Waals surface area (Å²) in [6, 6.07) is 8.68. The average Bonchev–Trinajstić information content (AvgIpc) is 2.99. The van der Waals surface area contributed by atoms with E-state index in [1.54, 1.807) is 52.0 Å². The molecule has 0 radical (unpaired) electrons. The lowest BCUT2D eigenvalue weighted by Gasteiger charge is -2.52. The summed E-state index contributed by atoms with van der Waals surface area (Å²) >= 11 is 0. The zero-order valence-corrected chi connectivity index (χ0v) is 20.4. The molecule has 188 valence electrons. The van der Waals surface area contributed by atoms with E-state index in [4.69, 9.17) is 4.74 Å². The standard InChI is InChI=1S/C27H38O7/c1-23(2)19(28)12-18-25(4,32)17-11-10-16-21(34-22(30)15-8-6-5-7-9-15)26(17,14-24(16,3)31)13-20(29)27(18,23)33/h5-9,16-21,28-29,31-33H,10-14H2,1-4H3/t16?,17?,18?,19?,20?,21-,24-,25-,26+,27?/m1/s1. The number of fused-ring (bicyclic) bond motifs is 2. The number of esters is 1. The molecule has 0 aromatic heterocycles. The third-order valence-corrected chi connectivity index (χ3v) is 10.5. The first-order valence-corrected chi connectivity index (χ1v) is 12.5. The monoisotopic (exact) mass is 474 g/mol. The van der Waals surface area contributed by atoms with Crippen LogP contribution in [0.4, 0.5) is 0 Å². The predicted octanol–water partition coefficient (Wildman–Crippen LogP) is 2.03. The Bertz CT molecular complexity index is 972. The number of benzene rings is 1. The van der Waals surface area contributed by atoms with Crippen LogP contribution in [0, 0.1) is 28.6 Å². The molecule has 6 unspecified atom stereocenters. The Morgan fingerprint density at radius 1 is 0.941 bits per heavy atom. The summed E-state index contributed by atoms with van der Waals surface area (Å²) < 4.78 is 6.13. The second-order valence-electron chi connectivity index (χ2n) is 12.5. The Hall–Kier alpha value is -1.51. The van der Waals surface area contributed by atoms with Crippen molar-refractivity contribution in [1.29, 1.82) is 0 Å². The van der Waals surface area contributed by atoms with Gasteiger partial charge in [0.25, 0.3) is 0 Å². The molecule has 2 bridgehead atoms. The van der Waals surface area contributed by atoms with Gasteiger partial charge in [0.2, 0.25) is 0 Å². The topological polar surface area (TPSA) is 127 Å². The van der Waals surface area contributed by atoms with E-state index in [1.165, 1.54) is 0 Å². The molecule has 10 atom stereocenters. The maximum atomic E-state index is 13.1. The number of hydrogen-bond acceptors (Lipinski definition) is 7. The van der Waals surface area contributed by atoms with Gasteiger partial charge >= 0.3 is 5.97 Å². The van der Waals surface area contributed by atoms with E-state index in [0.717, 1.165) is 0 Å². The molecule has 5 N–H and O–H groups in total. The van der Waals surface area contributed by atoms with Crippen molar-refractivity contribution in [2.24, 2.45) is 28.6 Å². The van der Waals surface area contributed by atoms with E-state index in [1.807, 2.05) is 6.07 Å². The highest BCUT2D eigenvalue weighted by Gasteiger charge is 2.77. The third kappa shape index (κ3) is 2.91. The van der Waals surface area contributed by atoms with Gasteiger partial charge in [0, 0.05) is 22.7 Å². The quantitative estimate of drug-likeness (QED) is 0.415. The fourth-order valence-electron chi connectivity index (χ4n) is 8.72. The van der Waals surface area contributed by atoms with Gasteiger partial charge < -0.3 is 30.3 Å². The fourth-order valence-corrected chi connectivity index (χ4v) is 8.72. The van der Waals surface area contributed by atoms with Gasteiger partial charge in [-0.15, -0.1) is 0 Å². The van der Waals surface area contributed by atoms with Crippen molar-refractivity contribution in [3.05, 3.63) is 35.9 Å². The summed E-state index contributed by atoms with van der Waals surface area (Å²) in [6.07, 6.45) is -1.27. The molecule has 7 heteroatoms. The van der Waals surface area contributed by atoms with Crippen LogP contribution in [0.3, 0.4) is 0 Å². The normalized spacial score (nSPS) is 51.3. The van der Waals surface area contributed by atoms with Crippen LogP contribution in [-0.2, 0) is 4.74 Å². The van der Waals surface area contributed by atoms with Crippen LogP contribution in [0.25, 0.3) is 0 Å². The zero-order valence-electron chi connectivity index (χ0n) is 20.4. The minimum Gasteiger partial charge on any atom is -0.458 e. The minimum atomic E-state index is -1.74. The molecule has 1 aromatic rings. The van der Waals surface area contributed by atoms with Crippen LogP contribution in [0.5, 0.6) is 0 Å². The van der Waals surface area contributed by atoms with Gasteiger partial charge in [0.1, 0.15) is 11.7 Å². The Balaban J connectivity index is 1.62. The smallest absolute Gasteiger partial charge is 0.338 e. The maximum Gasteiger partial charge on any atom is 0.338 e. The molecule has 4 aliphatic carbocycles. The van der Waals surface area contributed by atoms with E-state index < -0.39 is 63.8 Å². The van der Waals surface area contributed by atoms with Gasteiger partial charge in [-0.3, -0.25) is 0 Å². The fraction of sp³-hybridized carbons (Fsp3) is 0.741. The summed E-state index contributed by atoms with van der Waals surface area (Å²) in [5, 5.41) is 58.0. The molecule has 0 heterocycles. The predicted molar refractivity (Wildman–Crippen MR) is 124 cm³/mol. The summed E-state index contributed by atoms with van der Waals surface area (Å²) in [7, 11) is 0. The van der Waals surface area contributed by atoms with E-state index in [9.17, 15) is 30.3 Å². The van der Waals surface area contributed by atoms with Gasteiger partial charge in [0.05, 0.1) is 29.0 Å². The highest BCUT2D eigenvalue weighted by Crippen LogP contribution is 2.70. The average molecular weight is 475 g/mol. The molecular weight excluding hydrogens is 436 g/mol. The van der Waals surface area contributed by atoms with Crippen molar-refractivity contribution in [2.75, 3.05) is 0 Å². The van der Waals surface area contributed by atoms with Crippen LogP contribution < -0.4 is 0 Å². The van der Waals surface area contributed by atoms with Crippen LogP contribution >= 0.6 is 0 Å². The van der Waals surface area contributed by atoms with Crippen molar-refractivity contribution in [2.45, 2.75) is 94.9 Å². The number of carbonyl (C=O) groups excluding carboxylic acids is 1. The van der Waals surface area contributed by atoms with Gasteiger partial charge in [-0.05, 0) is 64.0 Å². The molecular formula is C27H38O7. The highest BCUT2D eigenvalue weighted by molar-refractivity contribution is 5.89. The lowest BCUT2D eigenvalue weighted by Crippen LogP contribution is -2.60. The highest BCUT2D eigenvalue weighted by atomic mass is 16.5. The largest absolute Gasteiger partial charge is 0.458 e. The SMILES string of the molecule is CC1(C)C(O)CC2C1(O)C(O)C[C@]13C[C@@](C)(O)C(CCC1[C@@]2(C)O)[C@H]3OC(=O)c1ccccc1. The van der Waals surface area contributed by atoms with E-state index in [-0.39, 0.29) is 25.2 Å². The Kier molecular flexibility index (Phi) is 5.17. The lowest BCUT2D eigenvalue weighted by molar-refractivity contribution is -0.201. The van der Waals surface area contributed by atoms with Crippen molar-refractivity contribution >= 4 is 5.97 Å². The molecule has 4 fully saturated rings. The van der Waals surface area contributed by atoms with Crippen LogP contribution in [0.1, 0.15) is 70.2 Å². The number of hydrogen-bond donors (Lipinski definition) is 5. The molecule has 1 aromatic carbocycles. The molecule has 4 saturated carbocycles. The van der Waals surface area contributed by atoms with E-state index in [0.29, 0.717) is 18.4 Å². The third-order valence-electron chi connectivity index (χ3n) is 10.5. The zero-order chi connectivity index (χ0) is 24.9. The van der Waals surface area contributed by atoms with Crippen molar-refractivity contribution in [1.82, 2.24) is 0 Å². The van der Waals surface area contributed by atoms with E-state index >= 15 is 0 Å². The van der Waals surface area contributed by atoms with Crippen molar-refractivity contribution in [3.8, 4) is 0 Å². The molecule has 0 amide bonds. The number of aliphatic hydroxyl groups is 5. The second-order valence-corrected chi connectivity index (χ2v) is 12.5. The van der Waals surface area contributed by atoms with Gasteiger partial charge in [0.15, 0.2) is 0 Å². The Morgan fingerprint density at radius 3 is 2.24 bits per heavy atom. The van der Waals surface area contributed by atoms with Gasteiger partial charge in [-0.25, -0.2) is 4.79 Å². The van der Waals surface area contributed by atoms with Crippen molar-refractivity contribution < 1.29 is 35.1 Å². The first kappa shape index (κ1) is 24.2. The van der Waals surface area contributed by atoms with Crippen LogP contribution in [0.15, 0.2) is 30.3 Å². The Labute approximate surface area is 200 Å². The summed E-state index contributed by atoms with van der Waals surface area (Å²) in [5.74, 6) is -2.04. The van der Waals surface area contributed by atoms with E-state index in [2.05, 4.69) is 0 Å². The summed E-state index contributed by atoms with van der Waals surface area (Å²) in [4.78, 5) is 13.1. The molecule has 0 saturated heterocycles.